The molecular weight excluding hydrogens is 408 g/mol. The van der Waals surface area contributed by atoms with E-state index in [-0.39, 0.29) is 19.0 Å². The number of aliphatic carboxylic acids is 1. The Labute approximate surface area is 177 Å². The van der Waals surface area contributed by atoms with Crippen LogP contribution in [-0.4, -0.2) is 34.5 Å². The normalized spacial score (nSPS) is 12.0. The van der Waals surface area contributed by atoms with Gasteiger partial charge >= 0.3 is 5.97 Å². The molecular formula is C22H19ClN2O5. The molecule has 0 atom stereocenters. The number of phenols is 1. The van der Waals surface area contributed by atoms with Gasteiger partial charge in [-0.15, -0.1) is 0 Å². The van der Waals surface area contributed by atoms with Crippen LogP contribution in [0.25, 0.3) is 22.4 Å². The summed E-state index contributed by atoms with van der Waals surface area (Å²) >= 11 is 6.13. The lowest BCUT2D eigenvalue weighted by Crippen LogP contribution is -2.06. The Balaban J connectivity index is 1.76. The molecule has 1 aliphatic rings. The van der Waals surface area contributed by atoms with Gasteiger partial charge in [0.15, 0.2) is 11.5 Å². The second-order valence-electron chi connectivity index (χ2n) is 6.75. The van der Waals surface area contributed by atoms with E-state index in [2.05, 4.69) is 10.3 Å². The van der Waals surface area contributed by atoms with Gasteiger partial charge in [0.1, 0.15) is 11.6 Å². The number of phenolic OH excluding ortho intramolecular Hbond substituents is 1. The van der Waals surface area contributed by atoms with Crippen LogP contribution in [0, 0.1) is 0 Å². The molecule has 2 aromatic carbocycles. The van der Waals surface area contributed by atoms with Crippen molar-refractivity contribution in [1.29, 1.82) is 0 Å². The third-order valence-corrected chi connectivity index (χ3v) is 4.88. The lowest BCUT2D eigenvalue weighted by molar-refractivity contribution is -0.137. The summed E-state index contributed by atoms with van der Waals surface area (Å²) in [6.07, 6.45) is 0.517. The minimum Gasteiger partial charge on any atom is -0.507 e. The van der Waals surface area contributed by atoms with Gasteiger partial charge in [-0.3, -0.25) is 4.79 Å². The topological polar surface area (TPSA) is 101 Å². The van der Waals surface area contributed by atoms with E-state index in [1.807, 2.05) is 30.3 Å². The van der Waals surface area contributed by atoms with Crippen molar-refractivity contribution >= 4 is 23.4 Å². The van der Waals surface area contributed by atoms with Crippen LogP contribution >= 0.6 is 11.6 Å². The Hall–Kier alpha value is -3.45. The number of anilines is 1. The Kier molecular flexibility index (Phi) is 5.63. The largest absolute Gasteiger partial charge is 0.507 e. The fourth-order valence-corrected chi connectivity index (χ4v) is 3.41. The van der Waals surface area contributed by atoms with Crippen molar-refractivity contribution in [1.82, 2.24) is 4.98 Å². The minimum absolute atomic E-state index is 0.0544. The maximum absolute atomic E-state index is 10.8. The van der Waals surface area contributed by atoms with Gasteiger partial charge in [-0.05, 0) is 48.4 Å². The van der Waals surface area contributed by atoms with Gasteiger partial charge in [0.25, 0.3) is 0 Å². The number of carboxylic acids is 1. The highest BCUT2D eigenvalue weighted by molar-refractivity contribution is 6.31. The number of hydrogen-bond donors (Lipinski definition) is 3. The van der Waals surface area contributed by atoms with Crippen LogP contribution in [0.1, 0.15) is 12.8 Å². The number of fused-ring (bicyclic) bond motifs is 1. The van der Waals surface area contributed by atoms with E-state index in [4.69, 9.17) is 26.2 Å². The molecule has 0 radical (unpaired) electrons. The van der Waals surface area contributed by atoms with Crippen molar-refractivity contribution in [2.45, 2.75) is 12.8 Å². The summed E-state index contributed by atoms with van der Waals surface area (Å²) in [6.45, 7) is 0.593. The first-order valence-corrected chi connectivity index (χ1v) is 9.74. The molecule has 1 aliphatic heterocycles. The van der Waals surface area contributed by atoms with Crippen molar-refractivity contribution in [3.8, 4) is 39.6 Å². The molecule has 0 fully saturated rings. The van der Waals surface area contributed by atoms with Crippen LogP contribution < -0.4 is 14.8 Å². The van der Waals surface area contributed by atoms with Crippen LogP contribution in [0.3, 0.4) is 0 Å². The number of benzene rings is 2. The highest BCUT2D eigenvalue weighted by Crippen LogP contribution is 2.43. The molecule has 0 saturated heterocycles. The van der Waals surface area contributed by atoms with E-state index in [1.54, 1.807) is 12.1 Å². The van der Waals surface area contributed by atoms with Crippen molar-refractivity contribution in [3.63, 3.8) is 0 Å². The zero-order chi connectivity index (χ0) is 21.1. The number of halogens is 1. The van der Waals surface area contributed by atoms with Crippen LogP contribution in [0.2, 0.25) is 5.02 Å². The number of aromatic hydroxyl groups is 1. The molecule has 0 bridgehead atoms. The maximum Gasteiger partial charge on any atom is 0.303 e. The molecule has 7 nitrogen and oxygen atoms in total. The zero-order valence-electron chi connectivity index (χ0n) is 15.9. The number of rotatable bonds is 7. The summed E-state index contributed by atoms with van der Waals surface area (Å²) < 4.78 is 11.1. The number of nitrogens with zero attached hydrogens (tertiary/aromatic N) is 1. The van der Waals surface area contributed by atoms with Gasteiger partial charge in [0.2, 0.25) is 6.79 Å². The summed E-state index contributed by atoms with van der Waals surface area (Å²) in [6, 6.07) is 14.1. The molecule has 3 N–H and O–H groups in total. The summed E-state index contributed by atoms with van der Waals surface area (Å²) in [5, 5.41) is 22.8. The van der Waals surface area contributed by atoms with Crippen LogP contribution in [0.4, 0.5) is 5.82 Å². The molecule has 8 heteroatoms. The first-order chi connectivity index (χ1) is 14.5. The molecule has 0 spiro atoms. The first-order valence-electron chi connectivity index (χ1n) is 9.37. The van der Waals surface area contributed by atoms with Crippen molar-refractivity contribution in [2.24, 2.45) is 0 Å². The van der Waals surface area contributed by atoms with Gasteiger partial charge < -0.3 is 25.0 Å². The second-order valence-corrected chi connectivity index (χ2v) is 7.19. The number of hydrogen-bond acceptors (Lipinski definition) is 6. The predicted molar refractivity (Wildman–Crippen MR) is 113 cm³/mol. The van der Waals surface area contributed by atoms with E-state index >= 15 is 0 Å². The number of aromatic nitrogens is 1. The number of para-hydroxylation sites is 1. The molecule has 3 aromatic rings. The van der Waals surface area contributed by atoms with Gasteiger partial charge in [-0.2, -0.15) is 0 Å². The molecule has 0 saturated carbocycles. The quantitative estimate of drug-likeness (QED) is 0.467. The number of nitrogens with one attached hydrogen (secondary N) is 1. The second kappa shape index (κ2) is 8.51. The molecule has 0 unspecified atom stereocenters. The predicted octanol–water partition coefficient (Wildman–Crippen LogP) is 4.78. The smallest absolute Gasteiger partial charge is 0.303 e. The van der Waals surface area contributed by atoms with Crippen molar-refractivity contribution in [3.05, 3.63) is 53.6 Å². The molecule has 0 aliphatic carbocycles. The first kappa shape index (κ1) is 19.8. The fourth-order valence-electron chi connectivity index (χ4n) is 3.24. The van der Waals surface area contributed by atoms with Gasteiger partial charge in [-0.25, -0.2) is 4.98 Å². The van der Waals surface area contributed by atoms with E-state index in [0.717, 1.165) is 11.1 Å². The summed E-state index contributed by atoms with van der Waals surface area (Å²) in [4.78, 5) is 15.3. The Morgan fingerprint density at radius 1 is 1.13 bits per heavy atom. The molecule has 1 aromatic heterocycles. The Morgan fingerprint density at radius 2 is 2.00 bits per heavy atom. The SMILES string of the molecule is O=C(O)CCCNc1cc(-c2cccc3c2OCO3)cc(-c2cc(Cl)ccc2O)n1. The summed E-state index contributed by atoms with van der Waals surface area (Å²) in [5.74, 6) is 1.05. The Bertz CT molecular complexity index is 1100. The average Bonchev–Trinajstić information content (AvgIpc) is 3.21. The van der Waals surface area contributed by atoms with Crippen LogP contribution in [0.5, 0.6) is 17.2 Å². The highest BCUT2D eigenvalue weighted by atomic mass is 35.5. The number of ether oxygens (including phenoxy) is 2. The molecule has 2 heterocycles. The van der Waals surface area contributed by atoms with Crippen LogP contribution in [0.15, 0.2) is 48.5 Å². The third kappa shape index (κ3) is 4.26. The number of carbonyl (C=O) groups is 1. The molecule has 30 heavy (non-hydrogen) atoms. The lowest BCUT2D eigenvalue weighted by atomic mass is 10.0. The molecule has 4 rings (SSSR count). The highest BCUT2D eigenvalue weighted by Gasteiger charge is 2.20. The van der Waals surface area contributed by atoms with Crippen molar-refractivity contribution in [2.75, 3.05) is 18.7 Å². The van der Waals surface area contributed by atoms with E-state index < -0.39 is 5.97 Å². The fraction of sp³-hybridized carbons (Fsp3) is 0.182. The van der Waals surface area contributed by atoms with E-state index in [1.165, 1.54) is 6.07 Å². The standard InChI is InChI=1S/C22H19ClN2O5/c23-14-6-7-18(26)16(11-14)17-9-13(10-20(25-17)24-8-2-5-21(27)28)15-3-1-4-19-22(15)30-12-29-19/h1,3-4,6-7,9-11,26H,2,5,8,12H2,(H,24,25)(H,27,28). The maximum atomic E-state index is 10.8. The summed E-state index contributed by atoms with van der Waals surface area (Å²) in [5.41, 5.74) is 2.64. The van der Waals surface area contributed by atoms with Gasteiger partial charge in [-0.1, -0.05) is 23.7 Å². The molecule has 154 valence electrons. The average molecular weight is 427 g/mol. The molecule has 0 amide bonds. The number of carboxylic acid groups (broad SMARTS) is 1. The van der Waals surface area contributed by atoms with Gasteiger partial charge in [0.05, 0.1) is 5.69 Å². The Morgan fingerprint density at radius 3 is 2.83 bits per heavy atom. The zero-order valence-corrected chi connectivity index (χ0v) is 16.6. The number of pyridine rings is 1. The third-order valence-electron chi connectivity index (χ3n) is 4.64. The monoisotopic (exact) mass is 426 g/mol. The van der Waals surface area contributed by atoms with E-state index in [0.29, 0.717) is 46.6 Å². The van der Waals surface area contributed by atoms with Crippen LogP contribution in [-0.2, 0) is 4.79 Å². The van der Waals surface area contributed by atoms with Crippen molar-refractivity contribution < 1.29 is 24.5 Å². The lowest BCUT2D eigenvalue weighted by Gasteiger charge is -2.13. The minimum atomic E-state index is -0.847. The van der Waals surface area contributed by atoms with E-state index in [9.17, 15) is 9.90 Å². The van der Waals surface area contributed by atoms with Gasteiger partial charge in [0, 0.05) is 29.1 Å². The summed E-state index contributed by atoms with van der Waals surface area (Å²) in [7, 11) is 0.